The molecule has 0 saturated carbocycles. The third-order valence-corrected chi connectivity index (χ3v) is 6.37. The Morgan fingerprint density at radius 3 is 2.76 bits per heavy atom. The molecular weight excluding hydrogens is 366 g/mol. The molecule has 4 heterocycles. The summed E-state index contributed by atoms with van der Waals surface area (Å²) in [5.41, 5.74) is 3.07. The lowest BCUT2D eigenvalue weighted by Gasteiger charge is -2.46. The van der Waals surface area contributed by atoms with Crippen LogP contribution in [0, 0.1) is 12.8 Å². The monoisotopic (exact) mass is 397 g/mol. The molecule has 0 bridgehead atoms. The van der Waals surface area contributed by atoms with E-state index in [9.17, 15) is 4.79 Å². The van der Waals surface area contributed by atoms with Crippen LogP contribution in [0.1, 0.15) is 47.3 Å². The second-order valence-electron chi connectivity index (χ2n) is 8.53. The molecule has 2 aliphatic heterocycles. The zero-order valence-corrected chi connectivity index (χ0v) is 17.4. The molecule has 2 aromatic rings. The number of aromatic nitrogens is 3. The zero-order valence-electron chi connectivity index (χ0n) is 17.4. The maximum absolute atomic E-state index is 12.3. The highest BCUT2D eigenvalue weighted by Crippen LogP contribution is 2.37. The van der Waals surface area contributed by atoms with Crippen LogP contribution < -0.4 is 5.32 Å². The van der Waals surface area contributed by atoms with Gasteiger partial charge in [-0.15, -0.1) is 0 Å². The number of amides is 1. The molecule has 4 rings (SSSR count). The van der Waals surface area contributed by atoms with Gasteiger partial charge < -0.3 is 10.1 Å². The molecule has 0 radical (unpaired) electrons. The summed E-state index contributed by atoms with van der Waals surface area (Å²) in [6, 6.07) is 3.50. The summed E-state index contributed by atoms with van der Waals surface area (Å²) >= 11 is 0. The SMILES string of the molecule is Cc1nn(C)cc1CN1CCC2(CC1)CC(CNC(=O)c1ccncc1)CCO2. The van der Waals surface area contributed by atoms with E-state index < -0.39 is 0 Å². The number of pyridine rings is 1. The van der Waals surface area contributed by atoms with Gasteiger partial charge >= 0.3 is 0 Å². The summed E-state index contributed by atoms with van der Waals surface area (Å²) in [6.45, 7) is 6.63. The number of likely N-dealkylation sites (tertiary alicyclic amines) is 1. The van der Waals surface area contributed by atoms with Crippen LogP contribution in [0.25, 0.3) is 0 Å². The average Bonchev–Trinajstić information content (AvgIpc) is 3.05. The Kier molecular flexibility index (Phi) is 5.96. The van der Waals surface area contributed by atoms with Crippen molar-refractivity contribution >= 4 is 5.91 Å². The highest BCUT2D eigenvalue weighted by molar-refractivity contribution is 5.93. The highest BCUT2D eigenvalue weighted by Gasteiger charge is 2.40. The number of aryl methyl sites for hydroxylation is 2. The first-order valence-electron chi connectivity index (χ1n) is 10.6. The van der Waals surface area contributed by atoms with Crippen molar-refractivity contribution < 1.29 is 9.53 Å². The molecule has 1 N–H and O–H groups in total. The molecule has 1 spiro atoms. The topological polar surface area (TPSA) is 72.3 Å². The zero-order chi connectivity index (χ0) is 20.3. The van der Waals surface area contributed by atoms with Crippen molar-refractivity contribution in [2.45, 2.75) is 44.8 Å². The van der Waals surface area contributed by atoms with Crippen molar-refractivity contribution in [3.05, 3.63) is 47.5 Å². The van der Waals surface area contributed by atoms with E-state index in [2.05, 4.69) is 33.4 Å². The van der Waals surface area contributed by atoms with E-state index in [0.717, 1.165) is 57.6 Å². The molecule has 2 saturated heterocycles. The number of hydrogen-bond donors (Lipinski definition) is 1. The van der Waals surface area contributed by atoms with Gasteiger partial charge in [-0.25, -0.2) is 0 Å². The third kappa shape index (κ3) is 4.85. The van der Waals surface area contributed by atoms with Crippen molar-refractivity contribution in [1.29, 1.82) is 0 Å². The first kappa shape index (κ1) is 20.0. The fourth-order valence-corrected chi connectivity index (χ4v) is 4.66. The van der Waals surface area contributed by atoms with Crippen LogP contribution in [0.15, 0.2) is 30.7 Å². The van der Waals surface area contributed by atoms with Crippen molar-refractivity contribution in [2.75, 3.05) is 26.2 Å². The van der Waals surface area contributed by atoms with Gasteiger partial charge in [0.25, 0.3) is 5.91 Å². The molecule has 156 valence electrons. The minimum atomic E-state index is -0.0230. The van der Waals surface area contributed by atoms with Crippen LogP contribution in [-0.4, -0.2) is 57.4 Å². The van der Waals surface area contributed by atoms with Gasteiger partial charge in [0.15, 0.2) is 0 Å². The Hall–Kier alpha value is -2.25. The average molecular weight is 398 g/mol. The lowest BCUT2D eigenvalue weighted by molar-refractivity contribution is -0.127. The molecule has 0 aromatic carbocycles. The number of nitrogens with zero attached hydrogens (tertiary/aromatic N) is 4. The number of nitrogens with one attached hydrogen (secondary N) is 1. The predicted octanol–water partition coefficient (Wildman–Crippen LogP) is 2.31. The van der Waals surface area contributed by atoms with Crippen molar-refractivity contribution in [3.8, 4) is 0 Å². The number of hydrogen-bond acceptors (Lipinski definition) is 5. The molecule has 2 aliphatic rings. The van der Waals surface area contributed by atoms with Gasteiger partial charge in [0, 0.05) is 69.6 Å². The first-order valence-corrected chi connectivity index (χ1v) is 10.6. The Balaban J connectivity index is 1.27. The fourth-order valence-electron chi connectivity index (χ4n) is 4.66. The van der Waals surface area contributed by atoms with Crippen molar-refractivity contribution in [2.24, 2.45) is 13.0 Å². The van der Waals surface area contributed by atoms with Crippen molar-refractivity contribution in [3.63, 3.8) is 0 Å². The third-order valence-electron chi connectivity index (χ3n) is 6.37. The summed E-state index contributed by atoms with van der Waals surface area (Å²) in [5, 5.41) is 7.55. The lowest BCUT2D eigenvalue weighted by Crippen LogP contribution is -2.50. The second kappa shape index (κ2) is 8.63. The Morgan fingerprint density at radius 2 is 2.07 bits per heavy atom. The standard InChI is InChI=1S/C22H31N5O2/c1-17-20(15-26(2)25-17)16-27-10-6-22(7-11-27)13-18(5-12-29-22)14-24-21(28)19-3-8-23-9-4-19/h3-4,8-9,15,18H,5-7,10-14,16H2,1-2H3,(H,24,28). The minimum absolute atomic E-state index is 0.0189. The van der Waals surface area contributed by atoms with Gasteiger partial charge in [0.2, 0.25) is 0 Å². The number of rotatable bonds is 5. The summed E-state index contributed by atoms with van der Waals surface area (Å²) < 4.78 is 8.18. The highest BCUT2D eigenvalue weighted by atomic mass is 16.5. The molecule has 1 unspecified atom stereocenters. The fraction of sp³-hybridized carbons (Fsp3) is 0.591. The minimum Gasteiger partial charge on any atom is -0.375 e. The van der Waals surface area contributed by atoms with Gasteiger partial charge in [-0.2, -0.15) is 5.10 Å². The van der Waals surface area contributed by atoms with Gasteiger partial charge in [-0.05, 0) is 50.7 Å². The molecule has 7 nitrogen and oxygen atoms in total. The smallest absolute Gasteiger partial charge is 0.251 e. The lowest BCUT2D eigenvalue weighted by atomic mass is 9.79. The van der Waals surface area contributed by atoms with Crippen LogP contribution in [-0.2, 0) is 18.3 Å². The van der Waals surface area contributed by atoms with E-state index in [1.54, 1.807) is 24.5 Å². The van der Waals surface area contributed by atoms with Gasteiger partial charge in [-0.3, -0.25) is 19.4 Å². The Morgan fingerprint density at radius 1 is 1.31 bits per heavy atom. The van der Waals surface area contributed by atoms with Gasteiger partial charge in [0.05, 0.1) is 11.3 Å². The Bertz CT molecular complexity index is 827. The molecule has 1 atom stereocenters. The van der Waals surface area contributed by atoms with E-state index >= 15 is 0 Å². The van der Waals surface area contributed by atoms with Crippen LogP contribution in [0.2, 0.25) is 0 Å². The van der Waals surface area contributed by atoms with E-state index in [0.29, 0.717) is 18.0 Å². The van der Waals surface area contributed by atoms with E-state index in [-0.39, 0.29) is 11.5 Å². The van der Waals surface area contributed by atoms with E-state index in [1.165, 1.54) is 5.56 Å². The maximum Gasteiger partial charge on any atom is 0.251 e. The van der Waals surface area contributed by atoms with Crippen molar-refractivity contribution in [1.82, 2.24) is 25.0 Å². The normalized spacial score (nSPS) is 21.9. The predicted molar refractivity (Wildman–Crippen MR) is 110 cm³/mol. The summed E-state index contributed by atoms with van der Waals surface area (Å²) in [4.78, 5) is 18.8. The largest absolute Gasteiger partial charge is 0.375 e. The van der Waals surface area contributed by atoms with Gasteiger partial charge in [0.1, 0.15) is 0 Å². The second-order valence-corrected chi connectivity index (χ2v) is 8.53. The molecule has 2 fully saturated rings. The number of piperidine rings is 1. The molecule has 29 heavy (non-hydrogen) atoms. The molecule has 1 amide bonds. The molecule has 7 heteroatoms. The van der Waals surface area contributed by atoms with Crippen LogP contribution in [0.3, 0.4) is 0 Å². The summed E-state index contributed by atoms with van der Waals surface area (Å²) in [6.07, 6.45) is 9.58. The molecular formula is C22H31N5O2. The summed E-state index contributed by atoms with van der Waals surface area (Å²) in [7, 11) is 1.98. The Labute approximate surface area is 172 Å². The number of ether oxygens (including phenoxy) is 1. The van der Waals surface area contributed by atoms with Gasteiger partial charge in [-0.1, -0.05) is 0 Å². The first-order chi connectivity index (χ1) is 14.0. The van der Waals surface area contributed by atoms with Crippen LogP contribution in [0.5, 0.6) is 0 Å². The number of carbonyl (C=O) groups excluding carboxylic acids is 1. The molecule has 2 aromatic heterocycles. The maximum atomic E-state index is 12.3. The quantitative estimate of drug-likeness (QED) is 0.838. The van der Waals surface area contributed by atoms with E-state index in [4.69, 9.17) is 4.74 Å². The van der Waals surface area contributed by atoms with Crippen LogP contribution >= 0.6 is 0 Å². The number of carbonyl (C=O) groups is 1. The van der Waals surface area contributed by atoms with Crippen LogP contribution in [0.4, 0.5) is 0 Å². The van der Waals surface area contributed by atoms with E-state index in [1.807, 2.05) is 11.7 Å². The molecule has 0 aliphatic carbocycles. The summed E-state index contributed by atoms with van der Waals surface area (Å²) in [5.74, 6) is 0.455.